The highest BCUT2D eigenvalue weighted by Crippen LogP contribution is 2.39. The summed E-state index contributed by atoms with van der Waals surface area (Å²) in [6, 6.07) is 58.2. The van der Waals surface area contributed by atoms with Crippen molar-refractivity contribution in [2.45, 2.75) is 33.1 Å². The van der Waals surface area contributed by atoms with E-state index in [1.807, 2.05) is 11.3 Å². The molecule has 0 spiro atoms. The Hall–Kier alpha value is -5.38. The molecule has 1 aromatic heterocycles. The monoisotopic (exact) mass is 666 g/mol. The quantitative estimate of drug-likeness (QED) is 0.136. The van der Waals surface area contributed by atoms with E-state index in [1.54, 1.807) is 0 Å². The lowest BCUT2D eigenvalue weighted by Gasteiger charge is -2.27. The number of hydrogen-bond acceptors (Lipinski definition) is 3. The number of benzene rings is 7. The molecule has 0 unspecified atom stereocenters. The molecular weight excluding hydrogens is 625 g/mol. The van der Waals surface area contributed by atoms with Gasteiger partial charge in [-0.2, -0.15) is 0 Å². The van der Waals surface area contributed by atoms with Gasteiger partial charge in [0.05, 0.1) is 0 Å². The summed E-state index contributed by atoms with van der Waals surface area (Å²) >= 11 is 1.87. The van der Waals surface area contributed by atoms with E-state index in [1.165, 1.54) is 71.7 Å². The van der Waals surface area contributed by atoms with Crippen molar-refractivity contribution in [1.29, 1.82) is 0 Å². The molecule has 8 rings (SSSR count). The molecule has 1 heterocycles. The van der Waals surface area contributed by atoms with E-state index in [2.05, 4.69) is 181 Å². The maximum atomic E-state index is 2.56. The highest BCUT2D eigenvalue weighted by atomic mass is 32.1. The molecule has 7 aromatic carbocycles. The van der Waals surface area contributed by atoms with E-state index in [0.717, 1.165) is 36.6 Å². The Morgan fingerprint density at radius 3 is 1.88 bits per heavy atom. The first kappa shape index (κ1) is 31.9. The second-order valence-corrected chi connectivity index (χ2v) is 14.4. The molecule has 0 aliphatic rings. The Morgan fingerprint density at radius 2 is 1.12 bits per heavy atom. The molecule has 0 amide bonds. The fraction of sp³-hybridized carbons (Fsp3) is 0.149. The van der Waals surface area contributed by atoms with Crippen molar-refractivity contribution in [3.63, 3.8) is 0 Å². The summed E-state index contributed by atoms with van der Waals surface area (Å²) in [6.45, 7) is 6.48. The second kappa shape index (κ2) is 14.2. The highest BCUT2D eigenvalue weighted by Gasteiger charge is 2.14. The van der Waals surface area contributed by atoms with Crippen LogP contribution < -0.4 is 9.80 Å². The van der Waals surface area contributed by atoms with Gasteiger partial charge in [-0.15, -0.1) is 11.3 Å². The lowest BCUT2D eigenvalue weighted by molar-refractivity contribution is 0.711. The Morgan fingerprint density at radius 1 is 0.500 bits per heavy atom. The van der Waals surface area contributed by atoms with Crippen molar-refractivity contribution in [2.24, 2.45) is 0 Å². The minimum atomic E-state index is 0.994. The predicted octanol–water partition coefficient (Wildman–Crippen LogP) is 13.5. The van der Waals surface area contributed by atoms with Crippen LogP contribution in [-0.2, 0) is 6.42 Å². The zero-order valence-electron chi connectivity index (χ0n) is 28.8. The number of anilines is 4. The van der Waals surface area contributed by atoms with Crippen LogP contribution in [0.15, 0.2) is 158 Å². The van der Waals surface area contributed by atoms with Gasteiger partial charge in [-0.05, 0) is 114 Å². The number of unbranched alkanes of at least 4 members (excludes halogenated alkanes) is 1. The zero-order chi connectivity index (χ0) is 33.9. The van der Waals surface area contributed by atoms with Crippen molar-refractivity contribution in [3.05, 3.63) is 169 Å². The van der Waals surface area contributed by atoms with Gasteiger partial charge in [0.25, 0.3) is 0 Å². The first-order valence-corrected chi connectivity index (χ1v) is 18.7. The summed E-state index contributed by atoms with van der Waals surface area (Å²) < 4.78 is 2.68. The van der Waals surface area contributed by atoms with Gasteiger partial charge in [0.15, 0.2) is 0 Å². The van der Waals surface area contributed by atoms with Gasteiger partial charge in [-0.25, -0.2) is 0 Å². The zero-order valence-corrected chi connectivity index (χ0v) is 29.7. The predicted molar refractivity (Wildman–Crippen MR) is 219 cm³/mol. The maximum Gasteiger partial charge on any atom is 0.0462 e. The number of hydrogen-bond donors (Lipinski definition) is 0. The van der Waals surface area contributed by atoms with Crippen molar-refractivity contribution in [3.8, 4) is 11.1 Å². The van der Waals surface area contributed by atoms with Gasteiger partial charge in [-0.1, -0.05) is 110 Å². The van der Waals surface area contributed by atoms with E-state index >= 15 is 0 Å². The Labute approximate surface area is 299 Å². The second-order valence-electron chi connectivity index (χ2n) is 13.3. The van der Waals surface area contributed by atoms with E-state index in [4.69, 9.17) is 0 Å². The van der Waals surface area contributed by atoms with Gasteiger partial charge in [-0.3, -0.25) is 0 Å². The smallest absolute Gasteiger partial charge is 0.0462 e. The molecule has 50 heavy (non-hydrogen) atoms. The minimum absolute atomic E-state index is 0.994. The molecule has 0 bridgehead atoms. The fourth-order valence-electron chi connectivity index (χ4n) is 7.02. The molecule has 0 radical (unpaired) electrons. The third-order valence-electron chi connectivity index (χ3n) is 9.87. The molecular formula is C47H42N2S. The largest absolute Gasteiger partial charge is 0.371 e. The fourth-order valence-corrected chi connectivity index (χ4v) is 8.10. The van der Waals surface area contributed by atoms with Gasteiger partial charge in [0, 0.05) is 56.0 Å². The summed E-state index contributed by atoms with van der Waals surface area (Å²) in [5, 5.41) is 5.27. The lowest BCUT2D eigenvalue weighted by Crippen LogP contribution is -2.27. The molecule has 8 aromatic rings. The van der Waals surface area contributed by atoms with Crippen molar-refractivity contribution >= 4 is 65.0 Å². The summed E-state index contributed by atoms with van der Waals surface area (Å²) in [5.41, 5.74) is 9.86. The van der Waals surface area contributed by atoms with Gasteiger partial charge >= 0.3 is 0 Å². The van der Waals surface area contributed by atoms with E-state index in [-0.39, 0.29) is 0 Å². The first-order chi connectivity index (χ1) is 24.6. The molecule has 0 saturated carbocycles. The maximum absolute atomic E-state index is 2.56. The number of thiophene rings is 1. The first-order valence-electron chi connectivity index (χ1n) is 17.8. The Balaban J connectivity index is 1.05. The molecule has 0 aliphatic carbocycles. The number of fused-ring (bicyclic) bond motifs is 4. The summed E-state index contributed by atoms with van der Waals surface area (Å²) in [7, 11) is 0. The average Bonchev–Trinajstić information content (AvgIpc) is 3.54. The van der Waals surface area contributed by atoms with Crippen LogP contribution in [-0.4, -0.2) is 13.1 Å². The van der Waals surface area contributed by atoms with Gasteiger partial charge < -0.3 is 9.80 Å². The lowest BCUT2D eigenvalue weighted by atomic mass is 10.0. The molecule has 0 aliphatic heterocycles. The number of rotatable bonds is 11. The molecule has 2 nitrogen and oxygen atoms in total. The van der Waals surface area contributed by atoms with Crippen LogP contribution in [0.1, 0.15) is 30.9 Å². The summed E-state index contributed by atoms with van der Waals surface area (Å²) in [4.78, 5) is 4.92. The topological polar surface area (TPSA) is 6.48 Å². The van der Waals surface area contributed by atoms with Crippen LogP contribution in [0, 0.1) is 6.92 Å². The molecule has 246 valence electrons. The van der Waals surface area contributed by atoms with Crippen LogP contribution in [0.5, 0.6) is 0 Å². The number of aryl methyl sites for hydroxylation is 1. The highest BCUT2D eigenvalue weighted by molar-refractivity contribution is 7.25. The third-order valence-corrected chi connectivity index (χ3v) is 11.0. The minimum Gasteiger partial charge on any atom is -0.371 e. The van der Waals surface area contributed by atoms with Gasteiger partial charge in [0.1, 0.15) is 0 Å². The molecule has 0 fully saturated rings. The normalized spacial score (nSPS) is 11.4. The SMILES string of the molecule is CCCCN(CCc1ccc(N(c2ccc(C)cc2)c2ccc(-c3ccc4sc5ccccc5c4c3)cc2)cc1)c1ccc2ccccc2c1. The standard InChI is InChI=1S/C47H42N2S/c1-3-4-30-48(43-27-19-36-9-5-6-10-38(36)32-43)31-29-35-15-23-41(24-16-35)49(40-21-13-34(2)14-22-40)42-25-17-37(18-26-42)39-20-28-47-45(33-39)44-11-7-8-12-46(44)50-47/h5-28,32-33H,3-4,29-31H2,1-2H3. The van der Waals surface area contributed by atoms with Crippen LogP contribution in [0.3, 0.4) is 0 Å². The number of nitrogens with zero attached hydrogens (tertiary/aromatic N) is 2. The van der Waals surface area contributed by atoms with Crippen LogP contribution in [0.4, 0.5) is 22.7 Å². The molecule has 0 N–H and O–H groups in total. The summed E-state index contributed by atoms with van der Waals surface area (Å²) in [5.74, 6) is 0. The van der Waals surface area contributed by atoms with Crippen molar-refractivity contribution < 1.29 is 0 Å². The van der Waals surface area contributed by atoms with Crippen LogP contribution >= 0.6 is 11.3 Å². The van der Waals surface area contributed by atoms with Crippen molar-refractivity contribution in [1.82, 2.24) is 0 Å². The van der Waals surface area contributed by atoms with Gasteiger partial charge in [0.2, 0.25) is 0 Å². The van der Waals surface area contributed by atoms with Crippen molar-refractivity contribution in [2.75, 3.05) is 22.9 Å². The van der Waals surface area contributed by atoms with E-state index in [9.17, 15) is 0 Å². The summed E-state index contributed by atoms with van der Waals surface area (Å²) in [6.07, 6.45) is 3.38. The Kier molecular flexibility index (Phi) is 9.07. The third kappa shape index (κ3) is 6.62. The van der Waals surface area contributed by atoms with Crippen LogP contribution in [0.25, 0.3) is 42.1 Å². The molecule has 0 saturated heterocycles. The molecule has 0 atom stereocenters. The van der Waals surface area contributed by atoms with E-state index < -0.39 is 0 Å². The average molecular weight is 667 g/mol. The van der Waals surface area contributed by atoms with Crippen LogP contribution in [0.2, 0.25) is 0 Å². The van der Waals surface area contributed by atoms with E-state index in [0.29, 0.717) is 0 Å². The molecule has 3 heteroatoms. The Bertz CT molecular complexity index is 2370.